The molecule has 5 nitrogen and oxygen atoms in total. The number of carbonyl (C=O) groups is 1. The average Bonchev–Trinajstić information content (AvgIpc) is 2.17. The molecule has 0 atom stereocenters. The highest BCUT2D eigenvalue weighted by Crippen LogP contribution is 2.32. The van der Waals surface area contributed by atoms with Gasteiger partial charge in [-0.25, -0.2) is 4.79 Å². The second-order valence-electron chi connectivity index (χ2n) is 3.23. The van der Waals surface area contributed by atoms with Crippen molar-refractivity contribution in [1.29, 1.82) is 0 Å². The summed E-state index contributed by atoms with van der Waals surface area (Å²) in [6.07, 6.45) is 1.02. The quantitative estimate of drug-likeness (QED) is 0.682. The highest BCUT2D eigenvalue weighted by Gasteiger charge is 2.23. The first kappa shape index (κ1) is 12.6. The fraction of sp³-hybridized carbons (Fsp3) is 0.300. The van der Waals surface area contributed by atoms with Crippen LogP contribution in [0.4, 0.5) is 5.69 Å². The van der Waals surface area contributed by atoms with E-state index in [0.29, 0.717) is 17.3 Å². The fourth-order valence-electron chi connectivity index (χ4n) is 1.51. The third-order valence-corrected chi connectivity index (χ3v) is 2.79. The summed E-state index contributed by atoms with van der Waals surface area (Å²) in [5, 5.41) is 19.8. The van der Waals surface area contributed by atoms with Gasteiger partial charge in [-0.05, 0) is 34.5 Å². The van der Waals surface area contributed by atoms with Crippen LogP contribution in [0.2, 0.25) is 0 Å². The van der Waals surface area contributed by atoms with Crippen LogP contribution in [0.1, 0.15) is 29.3 Å². The molecule has 0 saturated carbocycles. The second-order valence-corrected chi connectivity index (χ2v) is 4.09. The van der Waals surface area contributed by atoms with Crippen molar-refractivity contribution in [2.24, 2.45) is 0 Å². The van der Waals surface area contributed by atoms with Crippen molar-refractivity contribution in [2.45, 2.75) is 19.8 Å². The Labute approximate surface area is 100 Å². The van der Waals surface area contributed by atoms with Crippen LogP contribution in [-0.4, -0.2) is 16.0 Å². The van der Waals surface area contributed by atoms with Gasteiger partial charge in [0.1, 0.15) is 0 Å². The molecule has 0 aliphatic heterocycles. The lowest BCUT2D eigenvalue weighted by molar-refractivity contribution is -0.386. The zero-order valence-electron chi connectivity index (χ0n) is 8.57. The maximum atomic E-state index is 10.9. The van der Waals surface area contributed by atoms with E-state index in [1.54, 1.807) is 0 Å². The molecule has 0 aliphatic carbocycles. The van der Waals surface area contributed by atoms with Gasteiger partial charge in [-0.15, -0.1) is 0 Å². The molecule has 0 fully saturated rings. The van der Waals surface area contributed by atoms with Gasteiger partial charge in [-0.3, -0.25) is 10.1 Å². The van der Waals surface area contributed by atoms with Crippen LogP contribution in [0.15, 0.2) is 16.6 Å². The molecule has 0 aliphatic rings. The van der Waals surface area contributed by atoms with Gasteiger partial charge in [0.25, 0.3) is 5.69 Å². The zero-order chi connectivity index (χ0) is 12.3. The molecule has 1 aromatic carbocycles. The van der Waals surface area contributed by atoms with Crippen LogP contribution in [0.3, 0.4) is 0 Å². The van der Waals surface area contributed by atoms with E-state index in [1.807, 2.05) is 6.92 Å². The summed E-state index contributed by atoms with van der Waals surface area (Å²) in [6.45, 7) is 1.84. The van der Waals surface area contributed by atoms with Gasteiger partial charge in [0.15, 0.2) is 0 Å². The fourth-order valence-corrected chi connectivity index (χ4v) is 2.02. The Morgan fingerprint density at radius 3 is 2.62 bits per heavy atom. The Hall–Kier alpha value is -1.43. The van der Waals surface area contributed by atoms with Gasteiger partial charge in [0, 0.05) is 5.56 Å². The summed E-state index contributed by atoms with van der Waals surface area (Å²) in [5.41, 5.74) is 0.118. The Morgan fingerprint density at radius 2 is 2.19 bits per heavy atom. The molecule has 86 valence electrons. The maximum absolute atomic E-state index is 10.9. The lowest BCUT2D eigenvalue weighted by atomic mass is 10.0. The molecule has 0 bridgehead atoms. The Kier molecular flexibility index (Phi) is 4.00. The minimum Gasteiger partial charge on any atom is -0.478 e. The number of carboxylic acids is 1. The number of halogens is 1. The van der Waals surface area contributed by atoms with E-state index in [1.165, 1.54) is 12.1 Å². The van der Waals surface area contributed by atoms with E-state index in [-0.39, 0.29) is 16.8 Å². The summed E-state index contributed by atoms with van der Waals surface area (Å²) in [6, 6.07) is 2.77. The Morgan fingerprint density at radius 1 is 1.56 bits per heavy atom. The Balaban J connectivity index is 3.49. The van der Waals surface area contributed by atoms with Gasteiger partial charge < -0.3 is 5.11 Å². The predicted octanol–water partition coefficient (Wildman–Crippen LogP) is 3.01. The number of hydrogen-bond acceptors (Lipinski definition) is 3. The standard InChI is InChI=1S/C10H10BrNO4/c1-2-3-6-7(10(13)14)4-5-8(11)9(6)12(15)16/h4-5H,2-3H2,1H3,(H,13,14). The van der Waals surface area contributed by atoms with Crippen molar-refractivity contribution < 1.29 is 14.8 Å². The lowest BCUT2D eigenvalue weighted by Gasteiger charge is -2.07. The average molecular weight is 288 g/mol. The van der Waals surface area contributed by atoms with E-state index < -0.39 is 10.9 Å². The molecule has 1 rings (SSSR count). The van der Waals surface area contributed by atoms with E-state index in [2.05, 4.69) is 15.9 Å². The third-order valence-electron chi connectivity index (χ3n) is 2.15. The number of nitrogens with zero attached hydrogens (tertiary/aromatic N) is 1. The number of nitro benzene ring substituents is 1. The van der Waals surface area contributed by atoms with Crippen LogP contribution in [0, 0.1) is 10.1 Å². The predicted molar refractivity (Wildman–Crippen MR) is 61.8 cm³/mol. The van der Waals surface area contributed by atoms with Gasteiger partial charge in [0.05, 0.1) is 15.0 Å². The van der Waals surface area contributed by atoms with Crippen molar-refractivity contribution in [3.05, 3.63) is 37.8 Å². The number of aromatic carboxylic acids is 1. The van der Waals surface area contributed by atoms with Crippen LogP contribution in [-0.2, 0) is 6.42 Å². The van der Waals surface area contributed by atoms with Gasteiger partial charge in [-0.2, -0.15) is 0 Å². The van der Waals surface area contributed by atoms with Gasteiger partial charge in [0.2, 0.25) is 0 Å². The highest BCUT2D eigenvalue weighted by atomic mass is 79.9. The molecular formula is C10H10BrNO4. The summed E-state index contributed by atoms with van der Waals surface area (Å²) < 4.78 is 0.311. The molecule has 1 aromatic rings. The number of hydrogen-bond donors (Lipinski definition) is 1. The van der Waals surface area contributed by atoms with Gasteiger partial charge >= 0.3 is 5.97 Å². The minimum absolute atomic E-state index is 0.00301. The molecule has 6 heteroatoms. The minimum atomic E-state index is -1.14. The van der Waals surface area contributed by atoms with E-state index in [4.69, 9.17) is 5.11 Å². The highest BCUT2D eigenvalue weighted by molar-refractivity contribution is 9.10. The number of carboxylic acid groups (broad SMARTS) is 1. The van der Waals surface area contributed by atoms with Crippen molar-refractivity contribution in [3.8, 4) is 0 Å². The second kappa shape index (κ2) is 5.07. The SMILES string of the molecule is CCCc1c(C(=O)O)ccc(Br)c1[N+](=O)[O-]. The normalized spacial score (nSPS) is 10.1. The van der Waals surface area contributed by atoms with Crippen LogP contribution in [0.25, 0.3) is 0 Å². The van der Waals surface area contributed by atoms with Gasteiger partial charge in [-0.1, -0.05) is 13.3 Å². The molecule has 0 spiro atoms. The van der Waals surface area contributed by atoms with Crippen LogP contribution < -0.4 is 0 Å². The van der Waals surface area contributed by atoms with Crippen LogP contribution in [0.5, 0.6) is 0 Å². The Bertz CT molecular complexity index is 445. The molecule has 0 heterocycles. The lowest BCUT2D eigenvalue weighted by Crippen LogP contribution is -2.06. The largest absolute Gasteiger partial charge is 0.478 e. The van der Waals surface area contributed by atoms with Crippen molar-refractivity contribution in [2.75, 3.05) is 0 Å². The maximum Gasteiger partial charge on any atom is 0.336 e. The molecule has 0 unspecified atom stereocenters. The third kappa shape index (κ3) is 2.38. The molecule has 1 N–H and O–H groups in total. The van der Waals surface area contributed by atoms with Crippen molar-refractivity contribution in [3.63, 3.8) is 0 Å². The molecule has 0 aromatic heterocycles. The van der Waals surface area contributed by atoms with E-state index in [9.17, 15) is 14.9 Å². The smallest absolute Gasteiger partial charge is 0.336 e. The first-order valence-corrected chi connectivity index (χ1v) is 5.47. The zero-order valence-corrected chi connectivity index (χ0v) is 10.2. The number of nitro groups is 1. The first-order chi connectivity index (χ1) is 7.49. The molecule has 16 heavy (non-hydrogen) atoms. The summed E-state index contributed by atoms with van der Waals surface area (Å²) in [7, 11) is 0. The summed E-state index contributed by atoms with van der Waals surface area (Å²) >= 11 is 3.07. The molecule has 0 radical (unpaired) electrons. The number of benzene rings is 1. The van der Waals surface area contributed by atoms with E-state index >= 15 is 0 Å². The molecule has 0 saturated heterocycles. The number of rotatable bonds is 4. The first-order valence-electron chi connectivity index (χ1n) is 4.68. The molecular weight excluding hydrogens is 278 g/mol. The van der Waals surface area contributed by atoms with Crippen LogP contribution >= 0.6 is 15.9 Å². The summed E-state index contributed by atoms with van der Waals surface area (Å²) in [5.74, 6) is -1.14. The van der Waals surface area contributed by atoms with E-state index in [0.717, 1.165) is 0 Å². The monoisotopic (exact) mass is 287 g/mol. The van der Waals surface area contributed by atoms with Crippen molar-refractivity contribution in [1.82, 2.24) is 0 Å². The summed E-state index contributed by atoms with van der Waals surface area (Å²) in [4.78, 5) is 21.3. The molecule has 0 amide bonds. The van der Waals surface area contributed by atoms with Crippen molar-refractivity contribution >= 4 is 27.6 Å². The topological polar surface area (TPSA) is 80.4 Å².